The molecule has 0 radical (unpaired) electrons. The number of carbonyl (C=O) groups excluding carboxylic acids is 2. The molecule has 1 saturated carbocycles. The standard InChI is InChI=1S/C17H22ClNO3/c1-12-6-8-15(14(18)10-12)19-16(20)11-22-17(21)9-7-13-4-2-3-5-13/h6,8,10,13H,2-5,7,9,11H2,1H3,(H,19,20). The molecule has 4 nitrogen and oxygen atoms in total. The van der Waals surface area contributed by atoms with E-state index in [0.717, 1.165) is 12.0 Å². The molecular formula is C17H22ClNO3. The fourth-order valence-electron chi connectivity index (χ4n) is 2.75. The van der Waals surface area contributed by atoms with Crippen LogP contribution in [0.4, 0.5) is 5.69 Å². The van der Waals surface area contributed by atoms with E-state index < -0.39 is 0 Å². The second-order valence-electron chi connectivity index (χ2n) is 5.88. The van der Waals surface area contributed by atoms with Gasteiger partial charge in [0.2, 0.25) is 0 Å². The Morgan fingerprint density at radius 2 is 2.05 bits per heavy atom. The summed E-state index contributed by atoms with van der Waals surface area (Å²) in [5.74, 6) is -0.0373. The number of nitrogens with one attached hydrogen (secondary N) is 1. The fraction of sp³-hybridized carbons (Fsp3) is 0.529. The predicted molar refractivity (Wildman–Crippen MR) is 87.0 cm³/mol. The second-order valence-corrected chi connectivity index (χ2v) is 6.29. The Hall–Kier alpha value is -1.55. The molecule has 0 heterocycles. The lowest BCUT2D eigenvalue weighted by molar-refractivity contribution is -0.147. The summed E-state index contributed by atoms with van der Waals surface area (Å²) in [6, 6.07) is 5.36. The summed E-state index contributed by atoms with van der Waals surface area (Å²) in [6.45, 7) is 1.65. The molecule has 0 spiro atoms. The molecule has 120 valence electrons. The molecule has 0 saturated heterocycles. The molecule has 1 amide bonds. The third-order valence-corrected chi connectivity index (χ3v) is 4.31. The van der Waals surface area contributed by atoms with E-state index in [2.05, 4.69) is 5.32 Å². The van der Waals surface area contributed by atoms with E-state index in [-0.39, 0.29) is 18.5 Å². The molecule has 0 aromatic heterocycles. The highest BCUT2D eigenvalue weighted by atomic mass is 35.5. The number of halogens is 1. The number of anilines is 1. The minimum Gasteiger partial charge on any atom is -0.456 e. The summed E-state index contributed by atoms with van der Waals surface area (Å²) in [5.41, 5.74) is 1.54. The van der Waals surface area contributed by atoms with Crippen LogP contribution in [0.25, 0.3) is 0 Å². The summed E-state index contributed by atoms with van der Waals surface area (Å²) in [6.07, 6.45) is 6.20. The number of hydrogen-bond donors (Lipinski definition) is 1. The molecule has 0 aliphatic heterocycles. The van der Waals surface area contributed by atoms with Gasteiger partial charge in [0.25, 0.3) is 5.91 Å². The molecule has 1 fully saturated rings. The van der Waals surface area contributed by atoms with Crippen LogP contribution in [0.2, 0.25) is 5.02 Å². The summed E-state index contributed by atoms with van der Waals surface area (Å²) < 4.78 is 5.01. The SMILES string of the molecule is Cc1ccc(NC(=O)COC(=O)CCC2CCCC2)c(Cl)c1. The Bertz CT molecular complexity index is 539. The summed E-state index contributed by atoms with van der Waals surface area (Å²) >= 11 is 6.04. The monoisotopic (exact) mass is 323 g/mol. The predicted octanol–water partition coefficient (Wildman–Crippen LogP) is 4.10. The normalized spacial score (nSPS) is 14.8. The first kappa shape index (κ1) is 16.8. The van der Waals surface area contributed by atoms with E-state index in [1.54, 1.807) is 12.1 Å². The maximum Gasteiger partial charge on any atom is 0.306 e. The van der Waals surface area contributed by atoms with E-state index >= 15 is 0 Å². The van der Waals surface area contributed by atoms with Crippen molar-refractivity contribution in [3.63, 3.8) is 0 Å². The number of amides is 1. The quantitative estimate of drug-likeness (QED) is 0.802. The Morgan fingerprint density at radius 3 is 2.73 bits per heavy atom. The Kier molecular flexibility index (Phi) is 6.25. The van der Waals surface area contributed by atoms with Crippen molar-refractivity contribution in [2.75, 3.05) is 11.9 Å². The van der Waals surface area contributed by atoms with Crippen molar-refractivity contribution in [2.45, 2.75) is 45.4 Å². The molecule has 0 atom stereocenters. The van der Waals surface area contributed by atoms with Crippen LogP contribution in [0, 0.1) is 12.8 Å². The number of carbonyl (C=O) groups is 2. The zero-order valence-electron chi connectivity index (χ0n) is 12.9. The third-order valence-electron chi connectivity index (χ3n) is 3.99. The summed E-state index contributed by atoms with van der Waals surface area (Å²) in [4.78, 5) is 23.4. The van der Waals surface area contributed by atoms with Gasteiger partial charge >= 0.3 is 5.97 Å². The Labute approximate surface area is 136 Å². The van der Waals surface area contributed by atoms with E-state index in [1.165, 1.54) is 25.7 Å². The van der Waals surface area contributed by atoms with E-state index in [9.17, 15) is 9.59 Å². The third kappa shape index (κ3) is 5.34. The fourth-order valence-corrected chi connectivity index (χ4v) is 3.03. The van der Waals surface area contributed by atoms with Crippen molar-refractivity contribution in [1.82, 2.24) is 0 Å². The molecule has 1 aromatic carbocycles. The highest BCUT2D eigenvalue weighted by Crippen LogP contribution is 2.28. The topological polar surface area (TPSA) is 55.4 Å². The molecule has 2 rings (SSSR count). The van der Waals surface area contributed by atoms with Gasteiger partial charge in [-0.1, -0.05) is 43.4 Å². The minimum absolute atomic E-state index is 0.270. The maximum absolute atomic E-state index is 11.8. The second kappa shape index (κ2) is 8.18. The van der Waals surface area contributed by atoms with Gasteiger partial charge in [-0.15, -0.1) is 0 Å². The molecule has 1 aliphatic carbocycles. The first-order valence-electron chi connectivity index (χ1n) is 7.76. The number of benzene rings is 1. The number of aryl methyl sites for hydroxylation is 1. The van der Waals surface area contributed by atoms with Gasteiger partial charge in [-0.2, -0.15) is 0 Å². The first-order chi connectivity index (χ1) is 10.5. The number of hydrogen-bond acceptors (Lipinski definition) is 3. The molecule has 22 heavy (non-hydrogen) atoms. The van der Waals surface area contributed by atoms with Crippen LogP contribution in [0.5, 0.6) is 0 Å². The van der Waals surface area contributed by atoms with Crippen LogP contribution >= 0.6 is 11.6 Å². The Balaban J connectivity index is 1.69. The smallest absolute Gasteiger partial charge is 0.306 e. The summed E-state index contributed by atoms with van der Waals surface area (Å²) in [7, 11) is 0. The van der Waals surface area contributed by atoms with Gasteiger partial charge in [0.05, 0.1) is 10.7 Å². The zero-order chi connectivity index (χ0) is 15.9. The highest BCUT2D eigenvalue weighted by molar-refractivity contribution is 6.33. The van der Waals surface area contributed by atoms with Crippen molar-refractivity contribution < 1.29 is 14.3 Å². The highest BCUT2D eigenvalue weighted by Gasteiger charge is 2.17. The molecule has 1 aliphatic rings. The summed E-state index contributed by atoms with van der Waals surface area (Å²) in [5, 5.41) is 3.11. The van der Waals surface area contributed by atoms with Crippen molar-refractivity contribution in [3.05, 3.63) is 28.8 Å². The molecule has 5 heteroatoms. The molecule has 0 unspecified atom stereocenters. The van der Waals surface area contributed by atoms with Gasteiger partial charge in [-0.25, -0.2) is 0 Å². The number of esters is 1. The van der Waals surface area contributed by atoms with Gasteiger partial charge in [0.1, 0.15) is 0 Å². The lowest BCUT2D eigenvalue weighted by Gasteiger charge is -2.10. The van der Waals surface area contributed by atoms with Crippen LogP contribution in [0.1, 0.15) is 44.1 Å². The van der Waals surface area contributed by atoms with Crippen LogP contribution in [-0.2, 0) is 14.3 Å². The first-order valence-corrected chi connectivity index (χ1v) is 8.14. The Morgan fingerprint density at radius 1 is 1.32 bits per heavy atom. The zero-order valence-corrected chi connectivity index (χ0v) is 13.6. The maximum atomic E-state index is 11.8. The van der Waals surface area contributed by atoms with Crippen LogP contribution in [0.15, 0.2) is 18.2 Å². The lowest BCUT2D eigenvalue weighted by atomic mass is 10.0. The minimum atomic E-state index is -0.375. The van der Waals surface area contributed by atoms with Gasteiger partial charge in [0.15, 0.2) is 6.61 Å². The van der Waals surface area contributed by atoms with Crippen molar-refractivity contribution in [1.29, 1.82) is 0 Å². The average molecular weight is 324 g/mol. The van der Waals surface area contributed by atoms with Crippen LogP contribution < -0.4 is 5.32 Å². The van der Waals surface area contributed by atoms with Crippen LogP contribution in [0.3, 0.4) is 0 Å². The van der Waals surface area contributed by atoms with E-state index in [4.69, 9.17) is 16.3 Å². The van der Waals surface area contributed by atoms with E-state index in [0.29, 0.717) is 23.0 Å². The molecule has 1 N–H and O–H groups in total. The van der Waals surface area contributed by atoms with Crippen molar-refractivity contribution >= 4 is 29.2 Å². The number of rotatable bonds is 6. The van der Waals surface area contributed by atoms with E-state index in [1.807, 2.05) is 13.0 Å². The van der Waals surface area contributed by atoms with Crippen molar-refractivity contribution in [2.24, 2.45) is 5.92 Å². The number of ether oxygens (including phenoxy) is 1. The van der Waals surface area contributed by atoms with Gasteiger partial charge in [0, 0.05) is 6.42 Å². The average Bonchev–Trinajstić information content (AvgIpc) is 2.99. The van der Waals surface area contributed by atoms with Gasteiger partial charge < -0.3 is 10.1 Å². The van der Waals surface area contributed by atoms with Crippen molar-refractivity contribution in [3.8, 4) is 0 Å². The lowest BCUT2D eigenvalue weighted by Crippen LogP contribution is -2.21. The van der Waals surface area contributed by atoms with Gasteiger partial charge in [-0.05, 0) is 37.0 Å². The molecule has 0 bridgehead atoms. The van der Waals surface area contributed by atoms with Crippen LogP contribution in [-0.4, -0.2) is 18.5 Å². The van der Waals surface area contributed by atoms with Gasteiger partial charge in [-0.3, -0.25) is 9.59 Å². The largest absolute Gasteiger partial charge is 0.456 e. The molecule has 1 aromatic rings. The molecular weight excluding hydrogens is 302 g/mol.